The van der Waals surface area contributed by atoms with Gasteiger partial charge in [-0.15, -0.1) is 0 Å². The number of ether oxygens (including phenoxy) is 1. The second-order valence-electron chi connectivity index (χ2n) is 6.55. The maximum atomic E-state index is 5.37. The summed E-state index contributed by atoms with van der Waals surface area (Å²) in [4.78, 5) is 18.0. The number of nitrogens with zero attached hydrogens (tertiary/aromatic N) is 5. The van der Waals surface area contributed by atoms with Crippen LogP contribution in [0.3, 0.4) is 0 Å². The van der Waals surface area contributed by atoms with E-state index in [4.69, 9.17) is 14.7 Å². The van der Waals surface area contributed by atoms with Crippen LogP contribution in [0, 0.1) is 0 Å². The van der Waals surface area contributed by atoms with E-state index in [9.17, 15) is 0 Å². The van der Waals surface area contributed by atoms with E-state index in [0.717, 1.165) is 39.2 Å². The molecule has 0 N–H and O–H groups in total. The molecule has 5 rings (SSSR count). The average Bonchev–Trinajstić information content (AvgIpc) is 3.33. The lowest BCUT2D eigenvalue weighted by Gasteiger charge is -2.11. The van der Waals surface area contributed by atoms with Crippen molar-refractivity contribution >= 4 is 10.9 Å². The first kappa shape index (κ1) is 17.1. The fourth-order valence-electron chi connectivity index (χ4n) is 3.30. The van der Waals surface area contributed by atoms with Crippen molar-refractivity contribution in [1.82, 2.24) is 24.5 Å². The summed E-state index contributed by atoms with van der Waals surface area (Å²) >= 11 is 0. The molecule has 0 radical (unpaired) electrons. The van der Waals surface area contributed by atoms with E-state index in [1.165, 1.54) is 0 Å². The van der Waals surface area contributed by atoms with Crippen molar-refractivity contribution in [2.24, 2.45) is 0 Å². The second-order valence-corrected chi connectivity index (χ2v) is 6.55. The van der Waals surface area contributed by atoms with E-state index in [1.54, 1.807) is 32.0 Å². The van der Waals surface area contributed by atoms with Gasteiger partial charge in [0.15, 0.2) is 5.82 Å². The highest BCUT2D eigenvalue weighted by atomic mass is 16.5. The van der Waals surface area contributed by atoms with Gasteiger partial charge < -0.3 is 4.74 Å². The van der Waals surface area contributed by atoms with Crippen LogP contribution in [0.1, 0.15) is 0 Å². The summed E-state index contributed by atoms with van der Waals surface area (Å²) in [6.07, 6.45) is 8.87. The van der Waals surface area contributed by atoms with Crippen molar-refractivity contribution < 1.29 is 4.74 Å². The summed E-state index contributed by atoms with van der Waals surface area (Å²) in [5.41, 5.74) is 3.86. The SMILES string of the molecule is COc1cccc(-c2ccc3nc(-c4cccnc4)nc(-n4ccnc4)c3c2)c1. The molecule has 3 aromatic heterocycles. The monoisotopic (exact) mass is 379 g/mol. The largest absolute Gasteiger partial charge is 0.497 e. The molecule has 6 nitrogen and oxygen atoms in total. The Kier molecular flexibility index (Phi) is 4.22. The topological polar surface area (TPSA) is 65.7 Å². The Morgan fingerprint density at radius 3 is 2.52 bits per heavy atom. The van der Waals surface area contributed by atoms with Crippen LogP contribution in [-0.2, 0) is 0 Å². The van der Waals surface area contributed by atoms with Crippen molar-refractivity contribution in [3.63, 3.8) is 0 Å². The average molecular weight is 379 g/mol. The predicted molar refractivity (Wildman–Crippen MR) is 112 cm³/mol. The maximum absolute atomic E-state index is 5.37. The number of rotatable bonds is 4. The van der Waals surface area contributed by atoms with E-state index in [-0.39, 0.29) is 0 Å². The third-order valence-electron chi connectivity index (χ3n) is 4.75. The molecule has 29 heavy (non-hydrogen) atoms. The van der Waals surface area contributed by atoms with Crippen LogP contribution in [0.2, 0.25) is 0 Å². The third-order valence-corrected chi connectivity index (χ3v) is 4.75. The maximum Gasteiger partial charge on any atom is 0.163 e. The van der Waals surface area contributed by atoms with Crippen LogP contribution in [0.25, 0.3) is 39.2 Å². The van der Waals surface area contributed by atoms with Gasteiger partial charge in [0.2, 0.25) is 0 Å². The Morgan fingerprint density at radius 2 is 1.72 bits per heavy atom. The van der Waals surface area contributed by atoms with Gasteiger partial charge in [-0.3, -0.25) is 9.55 Å². The number of imidazole rings is 1. The minimum Gasteiger partial charge on any atom is -0.497 e. The molecule has 0 bridgehead atoms. The van der Waals surface area contributed by atoms with Gasteiger partial charge in [-0.25, -0.2) is 15.0 Å². The number of hydrogen-bond acceptors (Lipinski definition) is 5. The summed E-state index contributed by atoms with van der Waals surface area (Å²) in [5, 5.41) is 0.941. The first-order chi connectivity index (χ1) is 14.3. The minimum absolute atomic E-state index is 0.628. The lowest BCUT2D eigenvalue weighted by Crippen LogP contribution is -2.01. The van der Waals surface area contributed by atoms with Crippen LogP contribution < -0.4 is 4.74 Å². The molecule has 0 amide bonds. The number of hydrogen-bond donors (Lipinski definition) is 0. The van der Waals surface area contributed by atoms with E-state index < -0.39 is 0 Å². The van der Waals surface area contributed by atoms with Crippen LogP contribution >= 0.6 is 0 Å². The van der Waals surface area contributed by atoms with Crippen LogP contribution in [0.5, 0.6) is 5.75 Å². The number of fused-ring (bicyclic) bond motifs is 1. The smallest absolute Gasteiger partial charge is 0.163 e. The molecule has 0 aliphatic carbocycles. The third kappa shape index (κ3) is 3.21. The van der Waals surface area contributed by atoms with Crippen molar-refractivity contribution in [1.29, 1.82) is 0 Å². The molecule has 0 atom stereocenters. The van der Waals surface area contributed by atoms with Gasteiger partial charge in [0, 0.05) is 35.7 Å². The van der Waals surface area contributed by atoms with E-state index in [0.29, 0.717) is 5.82 Å². The standard InChI is InChI=1S/C23H17N5O/c1-29-19-6-2-4-16(12-19)17-7-8-21-20(13-17)23(28-11-10-25-15-28)27-22(26-21)18-5-3-9-24-14-18/h2-15H,1H3. The lowest BCUT2D eigenvalue weighted by molar-refractivity contribution is 0.415. The summed E-state index contributed by atoms with van der Waals surface area (Å²) in [6, 6.07) is 18.0. The first-order valence-corrected chi connectivity index (χ1v) is 9.17. The molecule has 140 valence electrons. The molecule has 0 unspecified atom stereocenters. The van der Waals surface area contributed by atoms with Crippen molar-refractivity contribution in [2.45, 2.75) is 0 Å². The molecule has 0 saturated carbocycles. The summed E-state index contributed by atoms with van der Waals surface area (Å²) < 4.78 is 7.27. The molecular formula is C23H17N5O. The molecule has 0 aliphatic rings. The van der Waals surface area contributed by atoms with E-state index >= 15 is 0 Å². The van der Waals surface area contributed by atoms with Crippen LogP contribution in [-0.4, -0.2) is 31.6 Å². The van der Waals surface area contributed by atoms with E-state index in [1.807, 2.05) is 47.2 Å². The highest BCUT2D eigenvalue weighted by Gasteiger charge is 2.12. The van der Waals surface area contributed by atoms with Crippen LogP contribution in [0.15, 0.2) is 85.7 Å². The molecule has 6 heteroatoms. The number of methoxy groups -OCH3 is 1. The zero-order valence-corrected chi connectivity index (χ0v) is 15.7. The van der Waals surface area contributed by atoms with Gasteiger partial charge in [-0.1, -0.05) is 18.2 Å². The molecule has 5 aromatic rings. The molecule has 3 heterocycles. The Morgan fingerprint density at radius 1 is 0.828 bits per heavy atom. The summed E-state index contributed by atoms with van der Waals surface area (Å²) in [6.45, 7) is 0. The summed E-state index contributed by atoms with van der Waals surface area (Å²) in [7, 11) is 1.67. The Balaban J connectivity index is 1.73. The van der Waals surface area contributed by atoms with Gasteiger partial charge >= 0.3 is 0 Å². The zero-order valence-electron chi connectivity index (χ0n) is 15.7. The van der Waals surface area contributed by atoms with Gasteiger partial charge in [0.25, 0.3) is 0 Å². The van der Waals surface area contributed by atoms with Crippen LogP contribution in [0.4, 0.5) is 0 Å². The lowest BCUT2D eigenvalue weighted by atomic mass is 10.0. The molecular weight excluding hydrogens is 362 g/mol. The van der Waals surface area contributed by atoms with Crippen molar-refractivity contribution in [3.05, 3.63) is 85.7 Å². The molecule has 0 saturated heterocycles. The van der Waals surface area contributed by atoms with Gasteiger partial charge in [-0.05, 0) is 47.5 Å². The molecule has 0 aliphatic heterocycles. The van der Waals surface area contributed by atoms with E-state index in [2.05, 4.69) is 28.2 Å². The first-order valence-electron chi connectivity index (χ1n) is 9.17. The highest BCUT2D eigenvalue weighted by Crippen LogP contribution is 2.30. The zero-order chi connectivity index (χ0) is 19.6. The number of aromatic nitrogens is 5. The molecule has 0 fully saturated rings. The fourth-order valence-corrected chi connectivity index (χ4v) is 3.30. The number of pyridine rings is 1. The second kappa shape index (κ2) is 7.16. The molecule has 2 aromatic carbocycles. The quantitative estimate of drug-likeness (QED) is 0.458. The van der Waals surface area contributed by atoms with Crippen molar-refractivity contribution in [3.8, 4) is 34.1 Å². The Bertz CT molecular complexity index is 1280. The fraction of sp³-hybridized carbons (Fsp3) is 0.0435. The summed E-state index contributed by atoms with van der Waals surface area (Å²) in [5.74, 6) is 2.22. The minimum atomic E-state index is 0.628. The van der Waals surface area contributed by atoms with Gasteiger partial charge in [-0.2, -0.15) is 0 Å². The number of benzene rings is 2. The van der Waals surface area contributed by atoms with Gasteiger partial charge in [0.1, 0.15) is 17.9 Å². The molecule has 0 spiro atoms. The van der Waals surface area contributed by atoms with Gasteiger partial charge in [0.05, 0.1) is 12.6 Å². The Hall–Kier alpha value is -4.06. The van der Waals surface area contributed by atoms with Crippen molar-refractivity contribution in [2.75, 3.05) is 7.11 Å². The predicted octanol–water partition coefficient (Wildman–Crippen LogP) is 4.55. The Labute approximate surface area is 167 Å². The highest BCUT2D eigenvalue weighted by molar-refractivity contribution is 5.91. The normalized spacial score (nSPS) is 10.9.